The number of nitrogens with one attached hydrogen (secondary N) is 2. The Morgan fingerprint density at radius 1 is 0.857 bits per heavy atom. The molecular weight excluding hydrogens is 383 g/mol. The molecule has 0 aliphatic carbocycles. The van der Waals surface area contributed by atoms with Crippen molar-refractivity contribution < 1.29 is 18.7 Å². The van der Waals surface area contributed by atoms with E-state index in [0.29, 0.717) is 22.0 Å². The first kappa shape index (κ1) is 19.4. The van der Waals surface area contributed by atoms with Gasteiger partial charge in [-0.3, -0.25) is 9.59 Å². The Balaban J connectivity index is 1.64. The number of halogens is 2. The van der Waals surface area contributed by atoms with Crippen molar-refractivity contribution in [3.05, 3.63) is 89.2 Å². The fourth-order valence-electron chi connectivity index (χ4n) is 2.39. The van der Waals surface area contributed by atoms with Crippen molar-refractivity contribution in [2.45, 2.75) is 0 Å². The van der Waals surface area contributed by atoms with Gasteiger partial charge in [-0.15, -0.1) is 0 Å². The highest BCUT2D eigenvalue weighted by atomic mass is 35.5. The summed E-state index contributed by atoms with van der Waals surface area (Å²) in [5, 5.41) is 5.91. The van der Waals surface area contributed by atoms with Crippen LogP contribution in [-0.4, -0.2) is 18.4 Å². The van der Waals surface area contributed by atoms with E-state index < -0.39 is 11.7 Å². The number of amides is 2. The molecule has 5 nitrogen and oxygen atoms in total. The molecule has 28 heavy (non-hydrogen) atoms. The molecule has 0 heterocycles. The number of carbonyl (C=O) groups excluding carboxylic acids is 2. The monoisotopic (exact) mass is 398 g/mol. The minimum atomic E-state index is -0.550. The zero-order chi connectivity index (χ0) is 19.9. The first-order valence-corrected chi connectivity index (χ1v) is 8.74. The second-order valence-corrected chi connectivity index (χ2v) is 6.21. The number of rotatable bonds is 6. The Bertz CT molecular complexity index is 993. The highest BCUT2D eigenvalue weighted by Crippen LogP contribution is 2.22. The molecule has 0 aliphatic heterocycles. The van der Waals surface area contributed by atoms with Crippen molar-refractivity contribution >= 4 is 34.8 Å². The molecule has 0 atom stereocenters. The van der Waals surface area contributed by atoms with Gasteiger partial charge in [0.1, 0.15) is 0 Å². The summed E-state index contributed by atoms with van der Waals surface area (Å²) in [4.78, 5) is 24.5. The normalized spacial score (nSPS) is 10.2. The second-order valence-electron chi connectivity index (χ2n) is 5.77. The van der Waals surface area contributed by atoms with Gasteiger partial charge in [0, 0.05) is 10.6 Å². The van der Waals surface area contributed by atoms with E-state index in [-0.39, 0.29) is 18.3 Å². The van der Waals surface area contributed by atoms with Crippen LogP contribution in [-0.2, 0) is 4.79 Å². The summed E-state index contributed by atoms with van der Waals surface area (Å²) < 4.78 is 18.7. The van der Waals surface area contributed by atoms with Crippen LogP contribution < -0.4 is 15.4 Å². The van der Waals surface area contributed by atoms with E-state index in [1.807, 2.05) is 0 Å². The van der Waals surface area contributed by atoms with Crippen LogP contribution >= 0.6 is 11.6 Å². The predicted octanol–water partition coefficient (Wildman–Crippen LogP) is 4.75. The van der Waals surface area contributed by atoms with Crippen LogP contribution in [0.4, 0.5) is 15.8 Å². The van der Waals surface area contributed by atoms with E-state index in [9.17, 15) is 14.0 Å². The quantitative estimate of drug-likeness (QED) is 0.629. The Kier molecular flexibility index (Phi) is 6.24. The summed E-state index contributed by atoms with van der Waals surface area (Å²) in [6, 6.07) is 19.0. The molecule has 0 aliphatic rings. The molecule has 0 bridgehead atoms. The molecule has 2 N–H and O–H groups in total. The third-order valence-electron chi connectivity index (χ3n) is 3.75. The van der Waals surface area contributed by atoms with Crippen molar-refractivity contribution in [1.29, 1.82) is 0 Å². The SMILES string of the molecule is O=C(COc1ccccc1F)Nc1ccccc1NC(=O)c1ccc(Cl)cc1. The van der Waals surface area contributed by atoms with Gasteiger partial charge in [0.15, 0.2) is 18.2 Å². The Labute approximate surface area is 166 Å². The fourth-order valence-corrected chi connectivity index (χ4v) is 2.51. The highest BCUT2D eigenvalue weighted by Gasteiger charge is 2.12. The van der Waals surface area contributed by atoms with E-state index in [1.54, 1.807) is 54.6 Å². The minimum absolute atomic E-state index is 0.0121. The maximum absolute atomic E-state index is 13.5. The molecule has 2 amide bonds. The first-order chi connectivity index (χ1) is 13.5. The van der Waals surface area contributed by atoms with Gasteiger partial charge in [0.25, 0.3) is 11.8 Å². The van der Waals surface area contributed by atoms with E-state index in [1.165, 1.54) is 18.2 Å². The van der Waals surface area contributed by atoms with E-state index in [0.717, 1.165) is 0 Å². The number of para-hydroxylation sites is 3. The van der Waals surface area contributed by atoms with Crippen molar-refractivity contribution in [2.75, 3.05) is 17.2 Å². The lowest BCUT2D eigenvalue weighted by Crippen LogP contribution is -2.22. The summed E-state index contributed by atoms with van der Waals surface area (Å²) in [7, 11) is 0. The maximum atomic E-state index is 13.5. The first-order valence-electron chi connectivity index (χ1n) is 8.36. The zero-order valence-corrected chi connectivity index (χ0v) is 15.4. The molecule has 0 unspecified atom stereocenters. The molecule has 0 fully saturated rings. The summed E-state index contributed by atoms with van der Waals surface area (Å²) in [5.74, 6) is -1.40. The average Bonchev–Trinajstić information content (AvgIpc) is 2.69. The van der Waals surface area contributed by atoms with Gasteiger partial charge in [-0.2, -0.15) is 0 Å². The van der Waals surface area contributed by atoms with Gasteiger partial charge in [-0.05, 0) is 48.5 Å². The summed E-state index contributed by atoms with van der Waals surface area (Å²) >= 11 is 5.83. The predicted molar refractivity (Wildman–Crippen MR) is 106 cm³/mol. The molecule has 0 aromatic heterocycles. The largest absolute Gasteiger partial charge is 0.481 e. The minimum Gasteiger partial charge on any atom is -0.481 e. The lowest BCUT2D eigenvalue weighted by molar-refractivity contribution is -0.118. The fraction of sp³-hybridized carbons (Fsp3) is 0.0476. The Morgan fingerprint density at radius 3 is 2.14 bits per heavy atom. The topological polar surface area (TPSA) is 67.4 Å². The number of hydrogen-bond acceptors (Lipinski definition) is 3. The molecule has 0 spiro atoms. The third kappa shape index (κ3) is 5.08. The molecule has 142 valence electrons. The van der Waals surface area contributed by atoms with Gasteiger partial charge in [-0.1, -0.05) is 35.9 Å². The van der Waals surface area contributed by atoms with Crippen molar-refractivity contribution in [3.63, 3.8) is 0 Å². The molecule has 0 saturated carbocycles. The Hall–Kier alpha value is -3.38. The molecule has 0 radical (unpaired) electrons. The van der Waals surface area contributed by atoms with Crippen LogP contribution in [0, 0.1) is 5.82 Å². The molecule has 0 saturated heterocycles. The second kappa shape index (κ2) is 9.01. The Morgan fingerprint density at radius 2 is 1.46 bits per heavy atom. The van der Waals surface area contributed by atoms with E-state index >= 15 is 0 Å². The standard InChI is InChI=1S/C21H16ClFN2O3/c22-15-11-9-14(10-12-15)21(27)25-18-7-3-2-6-17(18)24-20(26)13-28-19-8-4-1-5-16(19)23/h1-12H,13H2,(H,24,26)(H,25,27). The molecule has 3 rings (SSSR count). The summed E-state index contributed by atoms with van der Waals surface area (Å²) in [6.45, 7) is -0.375. The van der Waals surface area contributed by atoms with Crippen LogP contribution in [0.5, 0.6) is 5.75 Å². The van der Waals surface area contributed by atoms with Gasteiger partial charge in [-0.25, -0.2) is 4.39 Å². The van der Waals surface area contributed by atoms with Gasteiger partial charge < -0.3 is 15.4 Å². The highest BCUT2D eigenvalue weighted by molar-refractivity contribution is 6.30. The van der Waals surface area contributed by atoms with Crippen LogP contribution in [0.1, 0.15) is 10.4 Å². The lowest BCUT2D eigenvalue weighted by Gasteiger charge is -2.13. The maximum Gasteiger partial charge on any atom is 0.262 e. The lowest BCUT2D eigenvalue weighted by atomic mass is 10.2. The van der Waals surface area contributed by atoms with Crippen molar-refractivity contribution in [2.24, 2.45) is 0 Å². The van der Waals surface area contributed by atoms with Crippen molar-refractivity contribution in [1.82, 2.24) is 0 Å². The van der Waals surface area contributed by atoms with Crippen LogP contribution in [0.15, 0.2) is 72.8 Å². The summed E-state index contributed by atoms with van der Waals surface area (Å²) in [5.41, 5.74) is 1.24. The smallest absolute Gasteiger partial charge is 0.262 e. The molecule has 3 aromatic carbocycles. The number of hydrogen-bond donors (Lipinski definition) is 2. The van der Waals surface area contributed by atoms with E-state index in [4.69, 9.17) is 16.3 Å². The number of benzene rings is 3. The zero-order valence-electron chi connectivity index (χ0n) is 14.6. The summed E-state index contributed by atoms with van der Waals surface area (Å²) in [6.07, 6.45) is 0. The molecule has 3 aromatic rings. The molecule has 7 heteroatoms. The van der Waals surface area contributed by atoms with Gasteiger partial charge in [0.2, 0.25) is 0 Å². The van der Waals surface area contributed by atoms with Crippen LogP contribution in [0.25, 0.3) is 0 Å². The van der Waals surface area contributed by atoms with Crippen LogP contribution in [0.3, 0.4) is 0 Å². The van der Waals surface area contributed by atoms with Gasteiger partial charge >= 0.3 is 0 Å². The molecular formula is C21H16ClFN2O3. The third-order valence-corrected chi connectivity index (χ3v) is 4.00. The number of anilines is 2. The average molecular weight is 399 g/mol. The van der Waals surface area contributed by atoms with E-state index in [2.05, 4.69) is 10.6 Å². The number of ether oxygens (including phenoxy) is 1. The van der Waals surface area contributed by atoms with Crippen LogP contribution in [0.2, 0.25) is 5.02 Å². The number of carbonyl (C=O) groups is 2. The van der Waals surface area contributed by atoms with Gasteiger partial charge in [0.05, 0.1) is 11.4 Å². The van der Waals surface area contributed by atoms with Crippen molar-refractivity contribution in [3.8, 4) is 5.75 Å².